The van der Waals surface area contributed by atoms with Crippen LogP contribution in [0.5, 0.6) is 0 Å². The Bertz CT molecular complexity index is 129. The first-order valence-electron chi connectivity index (χ1n) is 3.79. The highest BCUT2D eigenvalue weighted by molar-refractivity contribution is 4.94. The molecule has 0 aromatic rings. The van der Waals surface area contributed by atoms with Crippen LogP contribution in [0.3, 0.4) is 0 Å². The van der Waals surface area contributed by atoms with Crippen LogP contribution in [-0.4, -0.2) is 32.1 Å². The molecular weight excluding hydrogens is 130 g/mol. The van der Waals surface area contributed by atoms with Crippen molar-refractivity contribution in [1.29, 1.82) is 0 Å². The van der Waals surface area contributed by atoms with Crippen molar-refractivity contribution in [2.75, 3.05) is 13.8 Å². The topological polar surface area (TPSA) is 30.5 Å². The number of fused-ring (bicyclic) bond motifs is 1. The lowest BCUT2D eigenvalue weighted by atomic mass is 10.2. The molecule has 0 aromatic carbocycles. The van der Waals surface area contributed by atoms with Crippen molar-refractivity contribution in [1.82, 2.24) is 5.32 Å². The Hall–Kier alpha value is -0.120. The van der Waals surface area contributed by atoms with E-state index in [0.717, 1.165) is 6.42 Å². The summed E-state index contributed by atoms with van der Waals surface area (Å²) in [5.74, 6) is 0. The van der Waals surface area contributed by atoms with Crippen LogP contribution in [0.2, 0.25) is 0 Å². The predicted octanol–water partition coefficient (Wildman–Crippen LogP) is 0.110. The standard InChI is InChI=1S/C7H13NO2/c1-9-6-3-2-5-7(6)10-4-8-5/h5-8H,2-4H2,1H3. The summed E-state index contributed by atoms with van der Waals surface area (Å²) in [6.07, 6.45) is 2.99. The molecule has 1 saturated carbocycles. The molecule has 0 radical (unpaired) electrons. The largest absolute Gasteiger partial charge is 0.379 e. The van der Waals surface area contributed by atoms with E-state index in [1.54, 1.807) is 7.11 Å². The van der Waals surface area contributed by atoms with Crippen LogP contribution in [0.1, 0.15) is 12.8 Å². The van der Waals surface area contributed by atoms with Crippen molar-refractivity contribution in [2.24, 2.45) is 0 Å². The molecule has 3 heteroatoms. The molecular formula is C7H13NO2. The zero-order valence-corrected chi connectivity index (χ0v) is 6.17. The number of rotatable bonds is 1. The lowest BCUT2D eigenvalue weighted by Gasteiger charge is -2.14. The van der Waals surface area contributed by atoms with Gasteiger partial charge >= 0.3 is 0 Å². The highest BCUT2D eigenvalue weighted by Crippen LogP contribution is 2.27. The molecule has 1 saturated heterocycles. The number of methoxy groups -OCH3 is 1. The maximum absolute atomic E-state index is 5.44. The minimum absolute atomic E-state index is 0.324. The molecule has 2 aliphatic rings. The summed E-state index contributed by atoms with van der Waals surface area (Å²) in [4.78, 5) is 0. The van der Waals surface area contributed by atoms with Crippen molar-refractivity contribution < 1.29 is 9.47 Å². The molecule has 3 nitrogen and oxygen atoms in total. The summed E-state index contributed by atoms with van der Waals surface area (Å²) in [6.45, 7) is 0.704. The van der Waals surface area contributed by atoms with Crippen LogP contribution in [0.4, 0.5) is 0 Å². The fourth-order valence-corrected chi connectivity index (χ4v) is 1.88. The molecule has 10 heavy (non-hydrogen) atoms. The number of hydrogen-bond donors (Lipinski definition) is 1. The maximum Gasteiger partial charge on any atom is 0.101 e. The van der Waals surface area contributed by atoms with Crippen LogP contribution in [0, 0.1) is 0 Å². The van der Waals surface area contributed by atoms with Gasteiger partial charge in [0.2, 0.25) is 0 Å². The number of hydrogen-bond acceptors (Lipinski definition) is 3. The third-order valence-corrected chi connectivity index (χ3v) is 2.45. The quantitative estimate of drug-likeness (QED) is 0.565. The van der Waals surface area contributed by atoms with Gasteiger partial charge in [0.25, 0.3) is 0 Å². The van der Waals surface area contributed by atoms with Gasteiger partial charge in [-0.3, -0.25) is 5.32 Å². The molecule has 1 aliphatic heterocycles. The molecule has 1 aliphatic carbocycles. The lowest BCUT2D eigenvalue weighted by Crippen LogP contribution is -2.31. The average Bonchev–Trinajstić information content (AvgIpc) is 2.44. The van der Waals surface area contributed by atoms with E-state index in [4.69, 9.17) is 9.47 Å². The lowest BCUT2D eigenvalue weighted by molar-refractivity contribution is -0.0131. The van der Waals surface area contributed by atoms with Gasteiger partial charge in [0.05, 0.1) is 12.8 Å². The van der Waals surface area contributed by atoms with Gasteiger partial charge in [-0.15, -0.1) is 0 Å². The van der Waals surface area contributed by atoms with Crippen molar-refractivity contribution in [2.45, 2.75) is 31.1 Å². The van der Waals surface area contributed by atoms with Gasteiger partial charge in [-0.05, 0) is 12.8 Å². The Balaban J connectivity index is 2.01. The van der Waals surface area contributed by atoms with Crippen molar-refractivity contribution in [3.63, 3.8) is 0 Å². The Morgan fingerprint density at radius 3 is 3.20 bits per heavy atom. The van der Waals surface area contributed by atoms with Gasteiger partial charge in [-0.1, -0.05) is 0 Å². The first-order valence-corrected chi connectivity index (χ1v) is 3.79. The highest BCUT2D eigenvalue weighted by Gasteiger charge is 2.40. The molecule has 3 unspecified atom stereocenters. The molecule has 2 rings (SSSR count). The molecule has 58 valence electrons. The maximum atomic E-state index is 5.44. The molecule has 1 N–H and O–H groups in total. The zero-order chi connectivity index (χ0) is 6.97. The Morgan fingerprint density at radius 1 is 1.50 bits per heavy atom. The molecule has 0 bridgehead atoms. The third kappa shape index (κ3) is 0.856. The molecule has 0 aromatic heterocycles. The van der Waals surface area contributed by atoms with Crippen molar-refractivity contribution in [3.8, 4) is 0 Å². The van der Waals surface area contributed by atoms with E-state index in [-0.39, 0.29) is 0 Å². The van der Waals surface area contributed by atoms with Gasteiger partial charge in [0.1, 0.15) is 6.10 Å². The minimum atomic E-state index is 0.324. The summed E-state index contributed by atoms with van der Waals surface area (Å²) in [7, 11) is 1.76. The molecule has 2 fully saturated rings. The fraction of sp³-hybridized carbons (Fsp3) is 1.00. The third-order valence-electron chi connectivity index (χ3n) is 2.45. The zero-order valence-electron chi connectivity index (χ0n) is 6.17. The predicted molar refractivity (Wildman–Crippen MR) is 36.7 cm³/mol. The first kappa shape index (κ1) is 6.58. The van der Waals surface area contributed by atoms with Crippen LogP contribution < -0.4 is 5.32 Å². The van der Waals surface area contributed by atoms with Gasteiger partial charge < -0.3 is 9.47 Å². The van der Waals surface area contributed by atoms with Gasteiger partial charge in [-0.2, -0.15) is 0 Å². The monoisotopic (exact) mass is 143 g/mol. The SMILES string of the molecule is COC1CCC2NCOC21. The summed E-state index contributed by atoms with van der Waals surface area (Å²) >= 11 is 0. The Kier molecular flexibility index (Phi) is 1.64. The van der Waals surface area contributed by atoms with E-state index in [9.17, 15) is 0 Å². The van der Waals surface area contributed by atoms with E-state index in [1.807, 2.05) is 0 Å². The Morgan fingerprint density at radius 2 is 2.40 bits per heavy atom. The summed E-state index contributed by atoms with van der Waals surface area (Å²) < 4.78 is 10.7. The van der Waals surface area contributed by atoms with Gasteiger partial charge in [-0.25, -0.2) is 0 Å². The van der Waals surface area contributed by atoms with E-state index in [1.165, 1.54) is 6.42 Å². The molecule has 0 spiro atoms. The highest BCUT2D eigenvalue weighted by atomic mass is 16.5. The van der Waals surface area contributed by atoms with Crippen molar-refractivity contribution in [3.05, 3.63) is 0 Å². The van der Waals surface area contributed by atoms with Gasteiger partial charge in [0.15, 0.2) is 0 Å². The first-order chi connectivity index (χ1) is 4.92. The molecule has 3 atom stereocenters. The van der Waals surface area contributed by atoms with E-state index in [0.29, 0.717) is 25.0 Å². The molecule has 1 heterocycles. The van der Waals surface area contributed by atoms with E-state index in [2.05, 4.69) is 5.32 Å². The second-order valence-electron chi connectivity index (χ2n) is 2.94. The number of ether oxygens (including phenoxy) is 2. The van der Waals surface area contributed by atoms with Crippen LogP contribution in [-0.2, 0) is 9.47 Å². The Labute approximate surface area is 60.7 Å². The fourth-order valence-electron chi connectivity index (χ4n) is 1.88. The minimum Gasteiger partial charge on any atom is -0.379 e. The summed E-state index contributed by atoms with van der Waals surface area (Å²) in [5, 5.41) is 3.28. The van der Waals surface area contributed by atoms with E-state index < -0.39 is 0 Å². The van der Waals surface area contributed by atoms with Crippen molar-refractivity contribution >= 4 is 0 Å². The second-order valence-corrected chi connectivity index (χ2v) is 2.94. The molecule has 0 amide bonds. The van der Waals surface area contributed by atoms with Crippen LogP contribution in [0.15, 0.2) is 0 Å². The average molecular weight is 143 g/mol. The number of nitrogens with one attached hydrogen (secondary N) is 1. The summed E-state index contributed by atoms with van der Waals surface area (Å²) in [6, 6.07) is 0.560. The van der Waals surface area contributed by atoms with Gasteiger partial charge in [0, 0.05) is 13.2 Å². The van der Waals surface area contributed by atoms with Crippen LogP contribution >= 0.6 is 0 Å². The summed E-state index contributed by atoms with van der Waals surface area (Å²) in [5.41, 5.74) is 0. The normalized spacial score (nSPS) is 45.9. The van der Waals surface area contributed by atoms with Crippen LogP contribution in [0.25, 0.3) is 0 Å². The van der Waals surface area contributed by atoms with E-state index >= 15 is 0 Å². The smallest absolute Gasteiger partial charge is 0.101 e. The second kappa shape index (κ2) is 2.49.